The summed E-state index contributed by atoms with van der Waals surface area (Å²) in [7, 11) is 2.90. The van der Waals surface area contributed by atoms with E-state index in [1.165, 1.54) is 14.2 Å². The fourth-order valence-corrected chi connectivity index (χ4v) is 1.12. The third-order valence-corrected chi connectivity index (χ3v) is 1.91. The Morgan fingerprint density at radius 2 is 1.79 bits per heavy atom. The minimum absolute atomic E-state index is 0.0636. The number of carbonyl (C=O) groups is 2. The van der Waals surface area contributed by atoms with Crippen LogP contribution in [0.2, 0.25) is 0 Å². The van der Waals surface area contributed by atoms with Crippen LogP contribution >= 0.6 is 0 Å². The minimum Gasteiger partial charge on any atom is -0.362 e. The summed E-state index contributed by atoms with van der Waals surface area (Å²) >= 11 is 0. The highest BCUT2D eigenvalue weighted by Crippen LogP contribution is 2.04. The van der Waals surface area contributed by atoms with Crippen molar-refractivity contribution in [2.24, 2.45) is 0 Å². The summed E-state index contributed by atoms with van der Waals surface area (Å²) in [6.45, 7) is -0.0220. The topological polar surface area (TPSA) is 65.1 Å². The molecule has 0 radical (unpaired) electrons. The van der Waals surface area contributed by atoms with Gasteiger partial charge in [0, 0.05) is 14.2 Å². The van der Waals surface area contributed by atoms with E-state index in [-0.39, 0.29) is 31.6 Å². The van der Waals surface area contributed by atoms with Gasteiger partial charge in [-0.1, -0.05) is 0 Å². The van der Waals surface area contributed by atoms with Crippen LogP contribution in [0.25, 0.3) is 0 Å². The maximum absolute atomic E-state index is 11.2. The summed E-state index contributed by atoms with van der Waals surface area (Å²) in [5.74, 6) is -0.722. The highest BCUT2D eigenvalue weighted by atomic mass is 16.7. The number of imide groups is 1. The maximum atomic E-state index is 11.2. The van der Waals surface area contributed by atoms with Crippen molar-refractivity contribution >= 4 is 11.8 Å². The number of hydrogen-bond acceptors (Lipinski definition) is 5. The van der Waals surface area contributed by atoms with Gasteiger partial charge in [0.25, 0.3) is 11.8 Å². The molecule has 0 spiro atoms. The van der Waals surface area contributed by atoms with Crippen LogP contribution in [0.4, 0.5) is 0 Å². The summed E-state index contributed by atoms with van der Waals surface area (Å²) in [6.07, 6.45) is -0.582. The van der Waals surface area contributed by atoms with Gasteiger partial charge in [-0.15, -0.1) is 0 Å². The van der Waals surface area contributed by atoms with Gasteiger partial charge < -0.3 is 14.2 Å². The molecule has 0 aromatic rings. The molecule has 0 aliphatic carbocycles. The number of rotatable bonds is 4. The van der Waals surface area contributed by atoms with Gasteiger partial charge in [-0.05, 0) is 0 Å². The lowest BCUT2D eigenvalue weighted by Crippen LogP contribution is -2.49. The Hall–Kier alpha value is -0.980. The van der Waals surface area contributed by atoms with E-state index in [1.54, 1.807) is 0 Å². The molecule has 0 unspecified atom stereocenters. The molecular weight excluding hydrogens is 190 g/mol. The van der Waals surface area contributed by atoms with Gasteiger partial charge in [-0.3, -0.25) is 14.5 Å². The molecule has 0 N–H and O–H groups in total. The van der Waals surface area contributed by atoms with Crippen LogP contribution in [-0.2, 0) is 23.8 Å². The van der Waals surface area contributed by atoms with E-state index in [0.717, 1.165) is 4.90 Å². The average Bonchev–Trinajstić information content (AvgIpc) is 2.18. The first kappa shape index (κ1) is 11.1. The van der Waals surface area contributed by atoms with E-state index in [9.17, 15) is 9.59 Å². The van der Waals surface area contributed by atoms with Crippen molar-refractivity contribution in [3.63, 3.8) is 0 Å². The average molecular weight is 203 g/mol. The van der Waals surface area contributed by atoms with E-state index in [2.05, 4.69) is 0 Å². The van der Waals surface area contributed by atoms with Crippen LogP contribution < -0.4 is 0 Å². The second-order valence-electron chi connectivity index (χ2n) is 2.79. The van der Waals surface area contributed by atoms with E-state index in [0.29, 0.717) is 0 Å². The lowest BCUT2D eigenvalue weighted by atomic mass is 10.4. The first-order valence-corrected chi connectivity index (χ1v) is 4.15. The molecule has 1 saturated heterocycles. The molecular formula is C8H13NO5. The fourth-order valence-electron chi connectivity index (χ4n) is 1.12. The normalized spacial score (nSPS) is 18.1. The van der Waals surface area contributed by atoms with Crippen molar-refractivity contribution in [1.29, 1.82) is 0 Å². The molecule has 0 aromatic heterocycles. The number of ether oxygens (including phenoxy) is 3. The Morgan fingerprint density at radius 1 is 1.29 bits per heavy atom. The zero-order valence-electron chi connectivity index (χ0n) is 8.19. The Morgan fingerprint density at radius 3 is 2.21 bits per heavy atom. The third kappa shape index (κ3) is 2.50. The quantitative estimate of drug-likeness (QED) is 0.432. The number of nitrogens with zero attached hydrogens (tertiary/aromatic N) is 1. The number of amides is 2. The van der Waals surface area contributed by atoms with E-state index >= 15 is 0 Å². The lowest BCUT2D eigenvalue weighted by Gasteiger charge is -2.27. The molecule has 0 atom stereocenters. The first-order valence-electron chi connectivity index (χ1n) is 4.15. The maximum Gasteiger partial charge on any atom is 0.255 e. The van der Waals surface area contributed by atoms with Gasteiger partial charge in [0.15, 0.2) is 6.29 Å². The van der Waals surface area contributed by atoms with Crippen LogP contribution in [0.3, 0.4) is 0 Å². The van der Waals surface area contributed by atoms with Crippen molar-refractivity contribution < 1.29 is 23.8 Å². The summed E-state index contributed by atoms with van der Waals surface area (Å²) in [5.41, 5.74) is 0. The molecule has 6 nitrogen and oxygen atoms in total. The van der Waals surface area contributed by atoms with Crippen molar-refractivity contribution in [2.75, 3.05) is 34.0 Å². The molecule has 1 aliphatic rings. The second kappa shape index (κ2) is 5.04. The molecule has 1 heterocycles. The van der Waals surface area contributed by atoms with Crippen molar-refractivity contribution in [2.45, 2.75) is 6.29 Å². The summed E-state index contributed by atoms with van der Waals surface area (Å²) in [4.78, 5) is 23.6. The summed E-state index contributed by atoms with van der Waals surface area (Å²) in [6, 6.07) is 0. The van der Waals surface area contributed by atoms with Gasteiger partial charge in [0.05, 0.1) is 6.54 Å². The molecule has 2 amide bonds. The predicted molar refractivity (Wildman–Crippen MR) is 45.3 cm³/mol. The van der Waals surface area contributed by atoms with Crippen molar-refractivity contribution in [1.82, 2.24) is 4.90 Å². The molecule has 6 heteroatoms. The van der Waals surface area contributed by atoms with Gasteiger partial charge in [-0.25, -0.2) is 0 Å². The van der Waals surface area contributed by atoms with Gasteiger partial charge in [-0.2, -0.15) is 0 Å². The fraction of sp³-hybridized carbons (Fsp3) is 0.750. The molecule has 1 fully saturated rings. The van der Waals surface area contributed by atoms with E-state index in [1.807, 2.05) is 0 Å². The van der Waals surface area contributed by atoms with Crippen LogP contribution in [0.15, 0.2) is 0 Å². The second-order valence-corrected chi connectivity index (χ2v) is 2.79. The van der Waals surface area contributed by atoms with E-state index in [4.69, 9.17) is 14.2 Å². The Labute approximate surface area is 81.7 Å². The van der Waals surface area contributed by atoms with Crippen LogP contribution in [0.5, 0.6) is 0 Å². The summed E-state index contributed by atoms with van der Waals surface area (Å²) < 4.78 is 14.5. The number of morpholine rings is 1. The van der Waals surface area contributed by atoms with Crippen LogP contribution in [0, 0.1) is 0 Å². The third-order valence-electron chi connectivity index (χ3n) is 1.91. The Balaban J connectivity index is 2.55. The number of carbonyl (C=O) groups excluding carboxylic acids is 2. The standard InChI is InChI=1S/C8H13NO5/c1-12-8(13-2)3-9-6(10)4-14-5-7(9)11/h8H,3-5H2,1-2H3. The SMILES string of the molecule is COC(CN1C(=O)COCC1=O)OC. The summed E-state index contributed by atoms with van der Waals surface area (Å²) in [5, 5.41) is 0. The van der Waals surface area contributed by atoms with E-state index < -0.39 is 6.29 Å². The van der Waals surface area contributed by atoms with Crippen molar-refractivity contribution in [3.05, 3.63) is 0 Å². The van der Waals surface area contributed by atoms with Gasteiger partial charge in [0.2, 0.25) is 0 Å². The molecule has 14 heavy (non-hydrogen) atoms. The van der Waals surface area contributed by atoms with Gasteiger partial charge in [0.1, 0.15) is 13.2 Å². The Bertz CT molecular complexity index is 210. The Kier molecular flexibility index (Phi) is 3.99. The first-order chi connectivity index (χ1) is 6.69. The van der Waals surface area contributed by atoms with Gasteiger partial charge >= 0.3 is 0 Å². The van der Waals surface area contributed by atoms with Crippen LogP contribution in [-0.4, -0.2) is 57.0 Å². The lowest BCUT2D eigenvalue weighted by molar-refractivity contribution is -0.169. The zero-order chi connectivity index (χ0) is 10.6. The van der Waals surface area contributed by atoms with Crippen LogP contribution in [0.1, 0.15) is 0 Å². The molecule has 0 saturated carbocycles. The predicted octanol–water partition coefficient (Wildman–Crippen LogP) is -1.01. The molecule has 0 bridgehead atoms. The van der Waals surface area contributed by atoms with Crippen molar-refractivity contribution in [3.8, 4) is 0 Å². The smallest absolute Gasteiger partial charge is 0.255 e. The highest BCUT2D eigenvalue weighted by Gasteiger charge is 2.28. The molecule has 0 aromatic carbocycles. The largest absolute Gasteiger partial charge is 0.362 e. The monoisotopic (exact) mass is 203 g/mol. The molecule has 80 valence electrons. The number of methoxy groups -OCH3 is 2. The molecule has 1 aliphatic heterocycles. The highest BCUT2D eigenvalue weighted by molar-refractivity contribution is 5.98. The minimum atomic E-state index is -0.582. The molecule has 1 rings (SSSR count). The zero-order valence-corrected chi connectivity index (χ0v) is 8.19. The number of hydrogen-bond donors (Lipinski definition) is 0.